The normalized spacial score (nSPS) is 11.9. The molecule has 1 atom stereocenters. The first-order valence-electron chi connectivity index (χ1n) is 8.80. The first-order valence-corrected chi connectivity index (χ1v) is 11.0. The van der Waals surface area contributed by atoms with E-state index >= 15 is 0 Å². The van der Waals surface area contributed by atoms with E-state index in [-0.39, 0.29) is 11.9 Å². The zero-order chi connectivity index (χ0) is 19.1. The van der Waals surface area contributed by atoms with Crippen molar-refractivity contribution in [3.63, 3.8) is 0 Å². The summed E-state index contributed by atoms with van der Waals surface area (Å²) in [5, 5.41) is 7.68. The fourth-order valence-electron chi connectivity index (χ4n) is 2.71. The maximum atomic E-state index is 12.4. The number of nitrogens with zero attached hydrogens (tertiary/aromatic N) is 2. The minimum atomic E-state index is 0.00897. The molecule has 3 aromatic rings. The standard InChI is InChI=1S/C20H21N3OS3/c1-2-9-17(15-10-5-3-6-11-15)21-18(24)14-26-19-22-23(20(25)27-19)16-12-7-4-8-13-16/h3-8,10-13,17H,2,9,14H2,1H3,(H,21,24)/t17-/m0/s1. The average molecular weight is 416 g/mol. The largest absolute Gasteiger partial charge is 0.349 e. The van der Waals surface area contributed by atoms with Crippen LogP contribution >= 0.6 is 35.3 Å². The van der Waals surface area contributed by atoms with Crippen molar-refractivity contribution in [2.45, 2.75) is 30.1 Å². The maximum absolute atomic E-state index is 12.4. The van der Waals surface area contributed by atoms with Crippen LogP contribution in [-0.2, 0) is 4.79 Å². The van der Waals surface area contributed by atoms with Gasteiger partial charge in [0.1, 0.15) is 0 Å². The summed E-state index contributed by atoms with van der Waals surface area (Å²) in [5.41, 5.74) is 2.07. The van der Waals surface area contributed by atoms with Crippen molar-refractivity contribution in [2.75, 3.05) is 5.75 Å². The van der Waals surface area contributed by atoms with Crippen LogP contribution in [0.3, 0.4) is 0 Å². The Labute approximate surface area is 172 Å². The number of carbonyl (C=O) groups is 1. The quantitative estimate of drug-likeness (QED) is 0.394. The SMILES string of the molecule is CCC[C@H](NC(=O)CSc1nn(-c2ccccc2)c(=S)s1)c1ccccc1. The van der Waals surface area contributed by atoms with Crippen molar-refractivity contribution in [3.8, 4) is 5.69 Å². The minimum absolute atomic E-state index is 0.00897. The third kappa shape index (κ3) is 5.51. The Morgan fingerprint density at radius 3 is 2.52 bits per heavy atom. The molecule has 0 fully saturated rings. The van der Waals surface area contributed by atoms with Crippen molar-refractivity contribution in [3.05, 3.63) is 70.2 Å². The highest BCUT2D eigenvalue weighted by atomic mass is 32.2. The van der Waals surface area contributed by atoms with Crippen LogP contribution in [0.4, 0.5) is 0 Å². The molecule has 0 saturated heterocycles. The van der Waals surface area contributed by atoms with Crippen LogP contribution in [-0.4, -0.2) is 21.4 Å². The Morgan fingerprint density at radius 1 is 1.19 bits per heavy atom. The van der Waals surface area contributed by atoms with Gasteiger partial charge in [-0.25, -0.2) is 4.68 Å². The highest BCUT2D eigenvalue weighted by Crippen LogP contribution is 2.24. The van der Waals surface area contributed by atoms with Gasteiger partial charge in [-0.1, -0.05) is 85.0 Å². The zero-order valence-corrected chi connectivity index (χ0v) is 17.4. The smallest absolute Gasteiger partial charge is 0.230 e. The van der Waals surface area contributed by atoms with Crippen LogP contribution in [0.5, 0.6) is 0 Å². The summed E-state index contributed by atoms with van der Waals surface area (Å²) in [6.07, 6.45) is 1.93. The molecule has 0 radical (unpaired) electrons. The maximum Gasteiger partial charge on any atom is 0.230 e. The molecule has 1 amide bonds. The number of hydrogen-bond donors (Lipinski definition) is 1. The lowest BCUT2D eigenvalue weighted by molar-refractivity contribution is -0.119. The van der Waals surface area contributed by atoms with Crippen LogP contribution in [0, 0.1) is 3.95 Å². The number of nitrogens with one attached hydrogen (secondary N) is 1. The molecule has 140 valence electrons. The summed E-state index contributed by atoms with van der Waals surface area (Å²) >= 11 is 8.26. The Morgan fingerprint density at radius 2 is 1.85 bits per heavy atom. The summed E-state index contributed by atoms with van der Waals surface area (Å²) in [6, 6.07) is 19.9. The van der Waals surface area contributed by atoms with Crippen molar-refractivity contribution < 1.29 is 4.79 Å². The van der Waals surface area contributed by atoms with Gasteiger partial charge in [-0.05, 0) is 36.3 Å². The number of hydrogen-bond acceptors (Lipinski definition) is 5. The van der Waals surface area contributed by atoms with E-state index < -0.39 is 0 Å². The summed E-state index contributed by atoms with van der Waals surface area (Å²) in [6.45, 7) is 2.12. The summed E-state index contributed by atoms with van der Waals surface area (Å²) in [7, 11) is 0. The van der Waals surface area contributed by atoms with E-state index in [2.05, 4.69) is 29.5 Å². The van der Waals surface area contributed by atoms with E-state index in [0.29, 0.717) is 9.71 Å². The number of benzene rings is 2. The summed E-state index contributed by atoms with van der Waals surface area (Å²) in [5.74, 6) is 0.333. The van der Waals surface area contributed by atoms with Crippen LogP contribution in [0.25, 0.3) is 5.69 Å². The van der Waals surface area contributed by atoms with Crippen molar-refractivity contribution >= 4 is 41.2 Å². The second-order valence-electron chi connectivity index (χ2n) is 5.99. The average Bonchev–Trinajstić information content (AvgIpc) is 3.08. The molecule has 3 rings (SSSR count). The highest BCUT2D eigenvalue weighted by molar-refractivity contribution is 8.01. The molecule has 0 aliphatic rings. The van der Waals surface area contributed by atoms with Crippen LogP contribution < -0.4 is 5.32 Å². The van der Waals surface area contributed by atoms with Gasteiger partial charge in [0.15, 0.2) is 8.29 Å². The lowest BCUT2D eigenvalue weighted by Gasteiger charge is -2.18. The Hall–Kier alpha value is -1.96. The van der Waals surface area contributed by atoms with Crippen LogP contribution in [0.15, 0.2) is 65.0 Å². The van der Waals surface area contributed by atoms with Gasteiger partial charge in [0.2, 0.25) is 5.91 Å². The molecule has 0 bridgehead atoms. The lowest BCUT2D eigenvalue weighted by atomic mass is 10.0. The van der Waals surface area contributed by atoms with Crippen LogP contribution in [0.1, 0.15) is 31.4 Å². The molecule has 0 saturated carbocycles. The zero-order valence-electron chi connectivity index (χ0n) is 15.0. The monoisotopic (exact) mass is 415 g/mol. The summed E-state index contributed by atoms with van der Waals surface area (Å²) < 4.78 is 3.22. The van der Waals surface area contributed by atoms with Gasteiger partial charge in [0, 0.05) is 0 Å². The predicted molar refractivity (Wildman–Crippen MR) is 115 cm³/mol. The molecule has 1 aromatic heterocycles. The number of amides is 1. The van der Waals surface area contributed by atoms with Gasteiger partial charge in [-0.15, -0.1) is 5.10 Å². The number of thioether (sulfide) groups is 1. The second kappa shape index (κ2) is 9.82. The van der Waals surface area contributed by atoms with Crippen molar-refractivity contribution in [1.82, 2.24) is 15.1 Å². The molecular formula is C20H21N3OS3. The van der Waals surface area contributed by atoms with Crippen LogP contribution in [0.2, 0.25) is 0 Å². The number of para-hydroxylation sites is 1. The van der Waals surface area contributed by atoms with Gasteiger partial charge in [0.25, 0.3) is 0 Å². The molecule has 0 aliphatic carbocycles. The van der Waals surface area contributed by atoms with Gasteiger partial charge in [-0.2, -0.15) is 0 Å². The van der Waals surface area contributed by atoms with Gasteiger partial charge >= 0.3 is 0 Å². The minimum Gasteiger partial charge on any atom is -0.349 e. The van der Waals surface area contributed by atoms with E-state index in [1.807, 2.05) is 48.5 Å². The van der Waals surface area contributed by atoms with E-state index in [0.717, 1.165) is 28.4 Å². The van der Waals surface area contributed by atoms with Crippen molar-refractivity contribution in [1.29, 1.82) is 0 Å². The predicted octanol–water partition coefficient (Wildman–Crippen LogP) is 5.41. The van der Waals surface area contributed by atoms with Gasteiger partial charge < -0.3 is 5.32 Å². The first-order chi connectivity index (χ1) is 13.2. The fraction of sp³-hybridized carbons (Fsp3) is 0.250. The molecule has 27 heavy (non-hydrogen) atoms. The highest BCUT2D eigenvalue weighted by Gasteiger charge is 2.15. The van der Waals surface area contributed by atoms with E-state index in [1.165, 1.54) is 23.1 Å². The Kier molecular flexibility index (Phi) is 7.20. The van der Waals surface area contributed by atoms with Crippen molar-refractivity contribution in [2.24, 2.45) is 0 Å². The lowest BCUT2D eigenvalue weighted by Crippen LogP contribution is -2.29. The van der Waals surface area contributed by atoms with E-state index in [1.54, 1.807) is 4.68 Å². The number of carbonyl (C=O) groups excluding carboxylic acids is 1. The molecular weight excluding hydrogens is 394 g/mol. The summed E-state index contributed by atoms with van der Waals surface area (Å²) in [4.78, 5) is 12.4. The Balaban J connectivity index is 1.61. The third-order valence-electron chi connectivity index (χ3n) is 3.97. The van der Waals surface area contributed by atoms with E-state index in [4.69, 9.17) is 12.2 Å². The first kappa shape index (κ1) is 19.8. The molecule has 0 aliphatic heterocycles. The molecule has 0 unspecified atom stereocenters. The molecule has 7 heteroatoms. The Bertz CT molecular complexity index is 922. The molecule has 1 N–H and O–H groups in total. The van der Waals surface area contributed by atoms with E-state index in [9.17, 15) is 4.79 Å². The molecule has 2 aromatic carbocycles. The number of aromatic nitrogens is 2. The molecule has 1 heterocycles. The molecule has 0 spiro atoms. The fourth-order valence-corrected chi connectivity index (χ4v) is 4.88. The third-order valence-corrected chi connectivity index (χ3v) is 6.34. The topological polar surface area (TPSA) is 46.9 Å². The molecule has 4 nitrogen and oxygen atoms in total. The number of rotatable bonds is 8. The van der Waals surface area contributed by atoms with Gasteiger partial charge in [0.05, 0.1) is 17.5 Å². The second-order valence-corrected chi connectivity index (χ2v) is 8.83. The van der Waals surface area contributed by atoms with Gasteiger partial charge in [-0.3, -0.25) is 4.79 Å².